The molecule has 164 valence electrons. The van der Waals surface area contributed by atoms with Crippen LogP contribution in [0.15, 0.2) is 66.7 Å². The highest BCUT2D eigenvalue weighted by Gasteiger charge is 2.37. The van der Waals surface area contributed by atoms with Crippen molar-refractivity contribution in [2.75, 3.05) is 5.73 Å². The Balaban J connectivity index is 2.05. The molecule has 5 nitrogen and oxygen atoms in total. The summed E-state index contributed by atoms with van der Waals surface area (Å²) < 4.78 is 42.7. The number of rotatable bonds is 6. The van der Waals surface area contributed by atoms with E-state index in [0.717, 1.165) is 12.8 Å². The Kier molecular flexibility index (Phi) is 5.94. The Hall–Kier alpha value is -3.68. The fourth-order valence-electron chi connectivity index (χ4n) is 3.50. The van der Waals surface area contributed by atoms with Crippen molar-refractivity contribution in [1.29, 1.82) is 0 Å². The number of nitrogens with two attached hydrogens (primary N) is 1. The molecule has 0 saturated carbocycles. The molecule has 4 rings (SSSR count). The highest BCUT2D eigenvalue weighted by atomic mass is 19.4. The number of benzene rings is 2. The summed E-state index contributed by atoms with van der Waals surface area (Å²) in [5.41, 5.74) is 8.71. The second kappa shape index (κ2) is 8.82. The van der Waals surface area contributed by atoms with Gasteiger partial charge in [0.2, 0.25) is 5.82 Å². The van der Waals surface area contributed by atoms with Gasteiger partial charge < -0.3 is 5.73 Å². The van der Waals surface area contributed by atoms with Crippen molar-refractivity contribution >= 4 is 5.82 Å². The summed E-state index contributed by atoms with van der Waals surface area (Å²) in [5, 5.41) is 4.50. The number of nitrogens with zero attached hydrogens (tertiary/aromatic N) is 4. The fraction of sp³-hybridized carbons (Fsp3) is 0.208. The van der Waals surface area contributed by atoms with E-state index >= 15 is 0 Å². The summed E-state index contributed by atoms with van der Waals surface area (Å²) in [5.74, 6) is -1.02. The molecule has 0 fully saturated rings. The predicted molar refractivity (Wildman–Crippen MR) is 118 cm³/mol. The van der Waals surface area contributed by atoms with Crippen molar-refractivity contribution in [3.8, 4) is 28.2 Å². The van der Waals surface area contributed by atoms with Crippen molar-refractivity contribution in [3.05, 3.63) is 78.2 Å². The zero-order valence-electron chi connectivity index (χ0n) is 17.5. The number of hydrogen-bond donors (Lipinski definition) is 1. The first kappa shape index (κ1) is 21.5. The average molecular weight is 437 g/mol. The number of halogens is 3. The van der Waals surface area contributed by atoms with Crippen LogP contribution in [-0.2, 0) is 12.6 Å². The monoisotopic (exact) mass is 437 g/mol. The summed E-state index contributed by atoms with van der Waals surface area (Å²) >= 11 is 0. The van der Waals surface area contributed by atoms with Crippen LogP contribution in [0, 0.1) is 0 Å². The molecule has 0 saturated heterocycles. The van der Waals surface area contributed by atoms with Crippen LogP contribution in [0.3, 0.4) is 0 Å². The van der Waals surface area contributed by atoms with Crippen LogP contribution < -0.4 is 5.73 Å². The second-order valence-corrected chi connectivity index (χ2v) is 7.40. The minimum atomic E-state index is -4.74. The molecule has 0 atom stereocenters. The third-order valence-electron chi connectivity index (χ3n) is 5.03. The van der Waals surface area contributed by atoms with E-state index in [9.17, 15) is 13.2 Å². The van der Waals surface area contributed by atoms with E-state index in [1.807, 2.05) is 18.2 Å². The third kappa shape index (κ3) is 4.34. The predicted octanol–water partition coefficient (Wildman–Crippen LogP) is 5.94. The second-order valence-electron chi connectivity index (χ2n) is 7.40. The van der Waals surface area contributed by atoms with Crippen LogP contribution >= 0.6 is 0 Å². The van der Waals surface area contributed by atoms with E-state index in [0.29, 0.717) is 28.8 Å². The molecule has 2 heterocycles. The van der Waals surface area contributed by atoms with Gasteiger partial charge in [-0.1, -0.05) is 74.0 Å². The van der Waals surface area contributed by atoms with Crippen molar-refractivity contribution in [2.24, 2.45) is 0 Å². The van der Waals surface area contributed by atoms with Crippen LogP contribution in [0.25, 0.3) is 28.2 Å². The maximum atomic E-state index is 13.8. The van der Waals surface area contributed by atoms with Gasteiger partial charge in [0.1, 0.15) is 5.82 Å². The Morgan fingerprint density at radius 1 is 0.906 bits per heavy atom. The molecule has 2 N–H and O–H groups in total. The summed E-state index contributed by atoms with van der Waals surface area (Å²) in [6.07, 6.45) is -2.20. The smallest absolute Gasteiger partial charge is 0.384 e. The topological polar surface area (TPSA) is 69.6 Å². The van der Waals surface area contributed by atoms with Gasteiger partial charge in [-0.05, 0) is 18.4 Å². The molecule has 0 aliphatic heterocycles. The van der Waals surface area contributed by atoms with Crippen LogP contribution in [0.5, 0.6) is 0 Å². The molecular weight excluding hydrogens is 415 g/mol. The summed E-state index contributed by atoms with van der Waals surface area (Å²) in [7, 11) is 0. The maximum absolute atomic E-state index is 13.8. The zero-order chi connectivity index (χ0) is 22.7. The van der Waals surface area contributed by atoms with E-state index in [1.54, 1.807) is 48.5 Å². The van der Waals surface area contributed by atoms with Gasteiger partial charge >= 0.3 is 6.18 Å². The van der Waals surface area contributed by atoms with E-state index in [-0.39, 0.29) is 17.3 Å². The normalized spacial score (nSPS) is 11.6. The van der Waals surface area contributed by atoms with E-state index in [2.05, 4.69) is 22.0 Å². The highest BCUT2D eigenvalue weighted by Crippen LogP contribution is 2.38. The maximum Gasteiger partial charge on any atom is 0.451 e. The molecule has 0 bridgehead atoms. The summed E-state index contributed by atoms with van der Waals surface area (Å²) in [6, 6.07) is 19.5. The van der Waals surface area contributed by atoms with Gasteiger partial charge in [0.05, 0.1) is 17.0 Å². The van der Waals surface area contributed by atoms with Gasteiger partial charge in [0.15, 0.2) is 5.82 Å². The van der Waals surface area contributed by atoms with Crippen molar-refractivity contribution in [2.45, 2.75) is 32.4 Å². The van der Waals surface area contributed by atoms with E-state index in [4.69, 9.17) is 5.73 Å². The van der Waals surface area contributed by atoms with Gasteiger partial charge in [-0.25, -0.2) is 9.97 Å². The molecule has 0 amide bonds. The van der Waals surface area contributed by atoms with E-state index < -0.39 is 12.0 Å². The van der Waals surface area contributed by atoms with Crippen LogP contribution in [0.2, 0.25) is 0 Å². The van der Waals surface area contributed by atoms with Gasteiger partial charge in [0, 0.05) is 11.6 Å². The standard InChI is InChI=1S/C24H22F3N5/c1-2-3-14-18-15-19(28)32(31-18)22-20(16-10-6-4-7-11-16)21(17-12-8-5-9-13-17)29-23(30-22)24(25,26)27/h4-13,15H,2-3,14,28H2,1H3. The van der Waals surface area contributed by atoms with Crippen molar-refractivity contribution in [3.63, 3.8) is 0 Å². The summed E-state index contributed by atoms with van der Waals surface area (Å²) in [6.45, 7) is 2.06. The first-order chi connectivity index (χ1) is 15.4. The van der Waals surface area contributed by atoms with Gasteiger partial charge in [-0.2, -0.15) is 23.0 Å². The lowest BCUT2D eigenvalue weighted by Crippen LogP contribution is -2.17. The third-order valence-corrected chi connectivity index (χ3v) is 5.03. The van der Waals surface area contributed by atoms with E-state index in [1.165, 1.54) is 4.68 Å². The Morgan fingerprint density at radius 2 is 1.53 bits per heavy atom. The number of aryl methyl sites for hydroxylation is 1. The van der Waals surface area contributed by atoms with Crippen LogP contribution in [0.4, 0.5) is 19.0 Å². The Morgan fingerprint density at radius 3 is 2.12 bits per heavy atom. The number of hydrogen-bond acceptors (Lipinski definition) is 4. The molecule has 0 unspecified atom stereocenters. The Bertz CT molecular complexity index is 1200. The lowest BCUT2D eigenvalue weighted by Gasteiger charge is -2.17. The minimum absolute atomic E-state index is 0.00220. The molecule has 4 aromatic rings. The largest absolute Gasteiger partial charge is 0.451 e. The molecule has 0 radical (unpaired) electrons. The summed E-state index contributed by atoms with van der Waals surface area (Å²) in [4.78, 5) is 7.86. The van der Waals surface area contributed by atoms with Crippen LogP contribution in [-0.4, -0.2) is 19.7 Å². The van der Waals surface area contributed by atoms with Gasteiger partial charge in [-0.3, -0.25) is 0 Å². The zero-order valence-corrected chi connectivity index (χ0v) is 17.5. The molecule has 32 heavy (non-hydrogen) atoms. The van der Waals surface area contributed by atoms with Crippen LogP contribution in [0.1, 0.15) is 31.3 Å². The molecule has 0 aliphatic carbocycles. The highest BCUT2D eigenvalue weighted by molar-refractivity contribution is 5.85. The molecule has 2 aromatic heterocycles. The number of unbranched alkanes of at least 4 members (excludes halogenated alkanes) is 1. The minimum Gasteiger partial charge on any atom is -0.384 e. The number of nitrogen functional groups attached to an aromatic ring is 1. The number of alkyl halides is 3. The molecule has 2 aromatic carbocycles. The fourth-order valence-corrected chi connectivity index (χ4v) is 3.50. The molecule has 0 spiro atoms. The van der Waals surface area contributed by atoms with Gasteiger partial charge in [0.25, 0.3) is 0 Å². The van der Waals surface area contributed by atoms with Gasteiger partial charge in [-0.15, -0.1) is 0 Å². The van der Waals surface area contributed by atoms with Crippen molar-refractivity contribution < 1.29 is 13.2 Å². The molecule has 8 heteroatoms. The molecular formula is C24H22F3N5. The number of aromatic nitrogens is 4. The number of anilines is 1. The average Bonchev–Trinajstić information content (AvgIpc) is 3.17. The first-order valence-corrected chi connectivity index (χ1v) is 10.3. The quantitative estimate of drug-likeness (QED) is 0.405. The Labute approximate surface area is 183 Å². The lowest BCUT2D eigenvalue weighted by molar-refractivity contribution is -0.144. The first-order valence-electron chi connectivity index (χ1n) is 10.3. The van der Waals surface area contributed by atoms with Crippen molar-refractivity contribution in [1.82, 2.24) is 19.7 Å². The molecule has 0 aliphatic rings. The SMILES string of the molecule is CCCCc1cc(N)n(-c2nc(C(F)(F)F)nc(-c3ccccc3)c2-c2ccccc2)n1. The lowest BCUT2D eigenvalue weighted by atomic mass is 9.99.